The van der Waals surface area contributed by atoms with Gasteiger partial charge in [0, 0.05) is 40.3 Å². The maximum Gasteiger partial charge on any atom is 0.266 e. The monoisotopic (exact) mass is 794 g/mol. The summed E-state index contributed by atoms with van der Waals surface area (Å²) in [4.78, 5) is 40.8. The summed E-state index contributed by atoms with van der Waals surface area (Å²) in [5, 5.41) is 5.42. The molecule has 0 bridgehead atoms. The van der Waals surface area contributed by atoms with E-state index in [0.29, 0.717) is 21.7 Å². The second-order valence-corrected chi connectivity index (χ2v) is 14.1. The van der Waals surface area contributed by atoms with Crippen molar-refractivity contribution in [1.29, 1.82) is 0 Å². The molecule has 0 saturated carbocycles. The lowest BCUT2D eigenvalue weighted by atomic mass is 10.1. The van der Waals surface area contributed by atoms with Crippen molar-refractivity contribution in [1.82, 2.24) is 4.72 Å². The van der Waals surface area contributed by atoms with E-state index in [1.54, 1.807) is 54.6 Å². The number of nitrogens with two attached hydrogens (primary N) is 1. The highest BCUT2D eigenvalue weighted by atomic mass is 32.2. The molecule has 284 valence electrons. The van der Waals surface area contributed by atoms with Gasteiger partial charge in [-0.2, -0.15) is 5.90 Å². The maximum absolute atomic E-state index is 12.6. The van der Waals surface area contributed by atoms with Gasteiger partial charge in [-0.3, -0.25) is 14.4 Å². The summed E-state index contributed by atoms with van der Waals surface area (Å²) in [7, 11) is -4.09. The van der Waals surface area contributed by atoms with Crippen LogP contribution in [-0.2, 0) is 24.1 Å². The Morgan fingerprint density at radius 1 is 0.544 bits per heavy atom. The number of anilines is 2. The molecule has 6 aromatic carbocycles. The third-order valence-electron chi connectivity index (χ3n) is 7.55. The Morgan fingerprint density at radius 2 is 0.947 bits per heavy atom. The fourth-order valence-electron chi connectivity index (χ4n) is 4.88. The van der Waals surface area contributed by atoms with Crippen molar-refractivity contribution in [2.75, 3.05) is 10.6 Å². The second-order valence-electron chi connectivity index (χ2n) is 11.7. The Morgan fingerprint density at radius 3 is 1.42 bits per heavy atom. The van der Waals surface area contributed by atoms with Crippen LogP contribution in [0.5, 0.6) is 0 Å². The zero-order valence-corrected chi connectivity index (χ0v) is 31.9. The predicted molar refractivity (Wildman–Crippen MR) is 220 cm³/mol. The molecule has 0 aliphatic heterocycles. The van der Waals surface area contributed by atoms with Gasteiger partial charge in [-0.05, 0) is 97.1 Å². The summed E-state index contributed by atoms with van der Waals surface area (Å²) in [6.45, 7) is 1.10. The molecule has 11 nitrogen and oxygen atoms in total. The van der Waals surface area contributed by atoms with Crippen LogP contribution >= 0.6 is 12.0 Å². The fourth-order valence-corrected chi connectivity index (χ4v) is 6.49. The van der Waals surface area contributed by atoms with E-state index in [9.17, 15) is 22.8 Å². The first-order valence-corrected chi connectivity index (χ1v) is 19.2. The number of hydrogen-bond acceptors (Lipinski definition) is 9. The minimum atomic E-state index is -4.09. The maximum atomic E-state index is 12.6. The number of sulfonamides is 1. The van der Waals surface area contributed by atoms with Gasteiger partial charge in [0.25, 0.3) is 21.8 Å². The van der Waals surface area contributed by atoms with E-state index in [4.69, 9.17) is 5.90 Å². The zero-order valence-electron chi connectivity index (χ0n) is 30.3. The summed E-state index contributed by atoms with van der Waals surface area (Å²) in [5.74, 6) is 15.6. The van der Waals surface area contributed by atoms with Crippen molar-refractivity contribution in [3.63, 3.8) is 0 Å². The lowest BCUT2D eigenvalue weighted by Gasteiger charge is -2.12. The van der Waals surface area contributed by atoms with E-state index >= 15 is 0 Å². The molecule has 0 spiro atoms. The molecule has 5 N–H and O–H groups in total. The topological polar surface area (TPSA) is 166 Å². The number of hydrogen-bond donors (Lipinski definition) is 4. The van der Waals surface area contributed by atoms with Crippen molar-refractivity contribution in [2.45, 2.75) is 16.7 Å². The molecule has 6 aromatic rings. The predicted octanol–water partition coefficient (Wildman–Crippen LogP) is 7.33. The molecule has 3 amide bonds. The zero-order chi connectivity index (χ0) is 40.5. The Hall–Kier alpha value is -6.97. The smallest absolute Gasteiger partial charge is 0.266 e. The van der Waals surface area contributed by atoms with Gasteiger partial charge < -0.3 is 10.6 Å². The number of carbonyl (C=O) groups is 3. The highest BCUT2D eigenvalue weighted by Gasteiger charge is 2.21. The highest BCUT2D eigenvalue weighted by molar-refractivity contribution is 7.94. The summed E-state index contributed by atoms with van der Waals surface area (Å²) in [6.07, 6.45) is 0. The van der Waals surface area contributed by atoms with Crippen LogP contribution < -0.4 is 21.3 Å². The van der Waals surface area contributed by atoms with Gasteiger partial charge >= 0.3 is 0 Å². The molecule has 57 heavy (non-hydrogen) atoms. The standard InChI is InChI=1S/C23H18N2O4S.C21H16N2O3S/c1-17(26)25-30(28,29)22-10-6-5-9-21(22)24-23(27)20-15-13-19(14-16-20)12-11-18-7-3-2-4-8-18;22-25-26-27-20-9-5-4-8-19(20)23-21(24)18-14-12-17(13-15-18)11-10-16-6-2-1-3-7-16/h2-10,13-16H,1H3,(H,24,27)(H,25,26);1-9,12-15H,22H2,(H,23,24). The first kappa shape index (κ1) is 41.2. The summed E-state index contributed by atoms with van der Waals surface area (Å²) >= 11 is 0.911. The van der Waals surface area contributed by atoms with Gasteiger partial charge in [-0.1, -0.05) is 84.3 Å². The van der Waals surface area contributed by atoms with E-state index in [2.05, 4.69) is 43.6 Å². The normalized spacial score (nSPS) is 10.2. The fraction of sp³-hybridized carbons (Fsp3) is 0.0227. The molecule has 6 rings (SSSR count). The lowest BCUT2D eigenvalue weighted by molar-refractivity contribution is -0.195. The Balaban J connectivity index is 0.000000219. The molecule has 0 saturated heterocycles. The van der Waals surface area contributed by atoms with Crippen molar-refractivity contribution in [3.05, 3.63) is 191 Å². The molecule has 0 aromatic heterocycles. The quantitative estimate of drug-likeness (QED) is 0.0508. The van der Waals surface area contributed by atoms with Crippen LogP contribution in [0.15, 0.2) is 168 Å². The molecule has 0 aliphatic rings. The molecule has 0 atom stereocenters. The van der Waals surface area contributed by atoms with Crippen LogP contribution in [0.4, 0.5) is 11.4 Å². The first-order valence-electron chi connectivity index (χ1n) is 17.0. The van der Waals surface area contributed by atoms with Crippen molar-refractivity contribution < 1.29 is 32.1 Å². The summed E-state index contributed by atoms with van der Waals surface area (Å²) < 4.78 is 31.2. The van der Waals surface area contributed by atoms with Gasteiger partial charge in [0.2, 0.25) is 5.91 Å². The van der Waals surface area contributed by atoms with Crippen LogP contribution in [0.2, 0.25) is 0 Å². The van der Waals surface area contributed by atoms with E-state index < -0.39 is 21.8 Å². The molecule has 0 unspecified atom stereocenters. The van der Waals surface area contributed by atoms with Crippen molar-refractivity contribution in [2.24, 2.45) is 5.90 Å². The van der Waals surface area contributed by atoms with Gasteiger partial charge in [0.15, 0.2) is 0 Å². The molecular weight excluding hydrogens is 761 g/mol. The Labute approximate surface area is 334 Å². The van der Waals surface area contributed by atoms with Crippen LogP contribution in [0.1, 0.15) is 49.9 Å². The van der Waals surface area contributed by atoms with Crippen molar-refractivity contribution >= 4 is 51.2 Å². The largest absolute Gasteiger partial charge is 0.321 e. The van der Waals surface area contributed by atoms with Gasteiger partial charge in [0.05, 0.1) is 28.3 Å². The number of amides is 3. The third kappa shape index (κ3) is 12.8. The number of para-hydroxylation sites is 2. The highest BCUT2D eigenvalue weighted by Crippen LogP contribution is 2.28. The van der Waals surface area contributed by atoms with Gasteiger partial charge in [0.1, 0.15) is 4.90 Å². The van der Waals surface area contributed by atoms with E-state index in [0.717, 1.165) is 41.2 Å². The SMILES string of the molecule is CC(=O)NS(=O)(=O)c1ccccc1NC(=O)c1ccc(C#Cc2ccccc2)cc1.NOOSc1ccccc1NC(=O)c1ccc(C#Cc2ccccc2)cc1. The molecule has 0 fully saturated rings. The molecule has 13 heteroatoms. The van der Waals surface area contributed by atoms with Crippen LogP contribution in [0.3, 0.4) is 0 Å². The van der Waals surface area contributed by atoms with Crippen LogP contribution in [-0.4, -0.2) is 26.1 Å². The average molecular weight is 795 g/mol. The van der Waals surface area contributed by atoms with E-state index in [-0.39, 0.29) is 16.5 Å². The number of nitrogens with one attached hydrogen (secondary N) is 3. The number of benzene rings is 6. The summed E-state index contributed by atoms with van der Waals surface area (Å²) in [6, 6.07) is 46.0. The van der Waals surface area contributed by atoms with Crippen molar-refractivity contribution in [3.8, 4) is 23.7 Å². The second kappa shape index (κ2) is 20.6. The molecule has 0 radical (unpaired) electrons. The number of carbonyl (C=O) groups excluding carboxylic acids is 3. The van der Waals surface area contributed by atoms with Gasteiger partial charge in [-0.15, -0.1) is 9.32 Å². The first-order chi connectivity index (χ1) is 27.6. The Bertz CT molecular complexity index is 2560. The number of rotatable bonds is 9. The van der Waals surface area contributed by atoms with E-state index in [1.807, 2.05) is 89.7 Å². The summed E-state index contributed by atoms with van der Waals surface area (Å²) in [5.41, 5.74) is 4.93. The van der Waals surface area contributed by atoms with Crippen LogP contribution in [0.25, 0.3) is 0 Å². The van der Waals surface area contributed by atoms with E-state index in [1.165, 1.54) is 18.2 Å². The average Bonchev–Trinajstić information content (AvgIpc) is 3.23. The molecular formula is C44H34N4O7S2. The third-order valence-corrected chi connectivity index (χ3v) is 9.72. The molecule has 0 aliphatic carbocycles. The minimum Gasteiger partial charge on any atom is -0.321 e. The molecule has 0 heterocycles. The Kier molecular flexibility index (Phi) is 14.9. The van der Waals surface area contributed by atoms with Crippen LogP contribution in [0, 0.1) is 23.7 Å². The lowest BCUT2D eigenvalue weighted by Crippen LogP contribution is -2.29. The van der Waals surface area contributed by atoms with Gasteiger partial charge in [-0.25, -0.2) is 13.1 Å². The minimum absolute atomic E-state index is 0.0733.